The molecule has 0 unspecified atom stereocenters. The predicted octanol–water partition coefficient (Wildman–Crippen LogP) is 2.51. The monoisotopic (exact) mass is 291 g/mol. The Labute approximate surface area is 103 Å². The number of hydrogen-bond acceptors (Lipinski definition) is 2. The van der Waals surface area contributed by atoms with Crippen molar-refractivity contribution in [1.29, 1.82) is 0 Å². The van der Waals surface area contributed by atoms with Crippen LogP contribution in [-0.2, 0) is 29.0 Å². The van der Waals surface area contributed by atoms with E-state index in [4.69, 9.17) is 4.79 Å². The second-order valence-corrected chi connectivity index (χ2v) is 2.21. The van der Waals surface area contributed by atoms with Crippen molar-refractivity contribution in [3.8, 4) is 0 Å². The zero-order chi connectivity index (χ0) is 10.5. The molecule has 2 rings (SSSR count). The van der Waals surface area contributed by atoms with Crippen molar-refractivity contribution >= 4 is 6.47 Å². The first-order valence-corrected chi connectivity index (χ1v) is 4.15. The third kappa shape index (κ3) is 15.5. The summed E-state index contributed by atoms with van der Waals surface area (Å²) in [5.74, 6) is 0. The quantitative estimate of drug-likeness (QED) is 0.596. The zero-order valence-corrected chi connectivity index (χ0v) is 10.2. The number of hydrogen-bond donors (Lipinski definition) is 0. The third-order valence-corrected chi connectivity index (χ3v) is 1.19. The van der Waals surface area contributed by atoms with Crippen molar-refractivity contribution in [2.45, 2.75) is 0 Å². The maximum absolute atomic E-state index is 8.83. The summed E-state index contributed by atoms with van der Waals surface area (Å²) < 4.78 is 3.74. The molecule has 0 N–H and O–H groups in total. The molecule has 81 valence electrons. The van der Waals surface area contributed by atoms with Crippen LogP contribution in [0.4, 0.5) is 0 Å². The number of ether oxygens (including phenoxy) is 1. The maximum Gasteiger partial charge on any atom is 3.00 e. The van der Waals surface area contributed by atoms with Gasteiger partial charge in [-0.2, -0.15) is 36.4 Å². The summed E-state index contributed by atoms with van der Waals surface area (Å²) in [7, 11) is 1.26. The molecule has 0 saturated heterocycles. The molecule has 0 amide bonds. The Balaban J connectivity index is 0. The Morgan fingerprint density at radius 2 is 1.20 bits per heavy atom. The minimum absolute atomic E-state index is 0. The van der Waals surface area contributed by atoms with Crippen LogP contribution < -0.4 is 0 Å². The molecule has 0 spiro atoms. The van der Waals surface area contributed by atoms with Crippen LogP contribution in [0.3, 0.4) is 0 Å². The van der Waals surface area contributed by atoms with Crippen LogP contribution in [0.15, 0.2) is 60.7 Å². The molecule has 2 nitrogen and oxygen atoms in total. The largest absolute Gasteiger partial charge is 3.00 e. The van der Waals surface area contributed by atoms with E-state index >= 15 is 0 Å². The van der Waals surface area contributed by atoms with Gasteiger partial charge in [-0.3, -0.25) is 0 Å². The van der Waals surface area contributed by atoms with Crippen LogP contribution in [0.25, 0.3) is 0 Å². The molecule has 0 aliphatic rings. The minimum atomic E-state index is 0. The van der Waals surface area contributed by atoms with Gasteiger partial charge in [0, 0.05) is 7.11 Å². The number of carbonyl (C=O) groups excluding carboxylic acids is 1. The summed E-state index contributed by atoms with van der Waals surface area (Å²) in [6.45, 7) is 1.18. The van der Waals surface area contributed by atoms with Crippen LogP contribution in [0.5, 0.6) is 0 Å². The predicted molar refractivity (Wildman–Crippen MR) is 56.8 cm³/mol. The molecule has 3 heteroatoms. The van der Waals surface area contributed by atoms with Gasteiger partial charge in [-0.15, -0.1) is 0 Å². The van der Waals surface area contributed by atoms with E-state index in [2.05, 4.69) is 4.74 Å². The number of rotatable bonds is 1. The summed E-state index contributed by atoms with van der Waals surface area (Å²) >= 11 is 0. The summed E-state index contributed by atoms with van der Waals surface area (Å²) in [6, 6.07) is 20.0. The second-order valence-electron chi connectivity index (χ2n) is 2.21. The smallest absolute Gasteiger partial charge is 0.655 e. The van der Waals surface area contributed by atoms with Gasteiger partial charge in [0.1, 0.15) is 0 Å². The average Bonchev–Trinajstić information content (AvgIpc) is 2.94. The van der Waals surface area contributed by atoms with Crippen LogP contribution >= 0.6 is 0 Å². The SMILES string of the molecule is CO[C-]=O.[Ru+3].c1cc[cH-]c1.c1cc[cH-]c1. The Kier molecular flexibility index (Phi) is 16.5. The summed E-state index contributed by atoms with van der Waals surface area (Å²) in [5.41, 5.74) is 0. The summed E-state index contributed by atoms with van der Waals surface area (Å²) in [6.07, 6.45) is 0. The number of methoxy groups -OCH3 is 1. The fraction of sp³-hybridized carbons (Fsp3) is 0.0833. The third-order valence-electron chi connectivity index (χ3n) is 1.19. The van der Waals surface area contributed by atoms with Crippen molar-refractivity contribution in [1.82, 2.24) is 0 Å². The van der Waals surface area contributed by atoms with Gasteiger partial charge in [0.05, 0.1) is 0 Å². The molecular weight excluding hydrogens is 277 g/mol. The van der Waals surface area contributed by atoms with Gasteiger partial charge in [0.2, 0.25) is 0 Å². The van der Waals surface area contributed by atoms with Crippen molar-refractivity contribution < 1.29 is 29.0 Å². The molecule has 15 heavy (non-hydrogen) atoms. The van der Waals surface area contributed by atoms with E-state index in [-0.39, 0.29) is 19.5 Å². The Bertz CT molecular complexity index is 201. The molecule has 0 heterocycles. The van der Waals surface area contributed by atoms with E-state index in [0.29, 0.717) is 0 Å². The molecule has 0 aromatic heterocycles. The van der Waals surface area contributed by atoms with Crippen LogP contribution in [0.2, 0.25) is 0 Å². The summed E-state index contributed by atoms with van der Waals surface area (Å²) in [5, 5.41) is 0. The van der Waals surface area contributed by atoms with Crippen molar-refractivity contribution in [3.63, 3.8) is 0 Å². The van der Waals surface area contributed by atoms with Gasteiger partial charge in [-0.1, -0.05) is 6.47 Å². The summed E-state index contributed by atoms with van der Waals surface area (Å²) in [4.78, 5) is 8.83. The van der Waals surface area contributed by atoms with E-state index in [0.717, 1.165) is 0 Å². The molecule has 0 fully saturated rings. The second kappa shape index (κ2) is 15.3. The first-order valence-electron chi connectivity index (χ1n) is 4.15. The molecule has 2 aromatic carbocycles. The Hall–Kier alpha value is -1.21. The van der Waals surface area contributed by atoms with Crippen molar-refractivity contribution in [2.75, 3.05) is 7.11 Å². The van der Waals surface area contributed by atoms with E-state index in [1.807, 2.05) is 60.7 Å². The molecule has 0 bridgehead atoms. The van der Waals surface area contributed by atoms with Crippen LogP contribution in [0.1, 0.15) is 0 Å². The molecule has 0 aliphatic heterocycles. The first kappa shape index (κ1) is 16.2. The molecular formula is C12H13O2Ru. The van der Waals surface area contributed by atoms with Gasteiger partial charge in [-0.05, 0) is 0 Å². The molecule has 1 radical (unpaired) electrons. The van der Waals surface area contributed by atoms with Crippen molar-refractivity contribution in [3.05, 3.63) is 60.7 Å². The Morgan fingerprint density at radius 3 is 1.27 bits per heavy atom. The average molecular weight is 290 g/mol. The molecule has 0 atom stereocenters. The normalized spacial score (nSPS) is 6.73. The minimum Gasteiger partial charge on any atom is -0.655 e. The van der Waals surface area contributed by atoms with Gasteiger partial charge in [-0.25, -0.2) is 24.3 Å². The van der Waals surface area contributed by atoms with E-state index in [9.17, 15) is 0 Å². The first-order chi connectivity index (χ1) is 6.91. The zero-order valence-electron chi connectivity index (χ0n) is 8.44. The van der Waals surface area contributed by atoms with E-state index in [1.165, 1.54) is 13.6 Å². The topological polar surface area (TPSA) is 26.3 Å². The van der Waals surface area contributed by atoms with E-state index < -0.39 is 0 Å². The Morgan fingerprint density at radius 1 is 0.933 bits per heavy atom. The van der Waals surface area contributed by atoms with Crippen LogP contribution in [-0.4, -0.2) is 13.6 Å². The standard InChI is InChI=1S/2C5H5.C2H3O2.Ru/c2*1-2-4-5-3-1;1-4-2-3;/h2*1-5H;1H3;/q3*-1;+3. The van der Waals surface area contributed by atoms with Crippen molar-refractivity contribution in [2.24, 2.45) is 0 Å². The molecule has 0 saturated carbocycles. The molecule has 2 aromatic rings. The van der Waals surface area contributed by atoms with Gasteiger partial charge in [0.15, 0.2) is 0 Å². The van der Waals surface area contributed by atoms with Gasteiger partial charge >= 0.3 is 19.5 Å². The van der Waals surface area contributed by atoms with Crippen LogP contribution in [0, 0.1) is 0 Å². The fourth-order valence-corrected chi connectivity index (χ4v) is 0.642. The fourth-order valence-electron chi connectivity index (χ4n) is 0.642. The van der Waals surface area contributed by atoms with Gasteiger partial charge in [0.25, 0.3) is 0 Å². The maximum atomic E-state index is 8.83. The van der Waals surface area contributed by atoms with Gasteiger partial charge < -0.3 is 9.53 Å². The van der Waals surface area contributed by atoms with E-state index in [1.54, 1.807) is 0 Å². The molecule has 0 aliphatic carbocycles.